The zero-order valence-corrected chi connectivity index (χ0v) is 18.8. The van der Waals surface area contributed by atoms with Crippen molar-refractivity contribution in [2.24, 2.45) is 10.7 Å². The van der Waals surface area contributed by atoms with E-state index in [1.807, 2.05) is 0 Å². The molecule has 1 fully saturated rings. The molecule has 182 valence electrons. The summed E-state index contributed by atoms with van der Waals surface area (Å²) in [5.41, 5.74) is 13.1. The molecule has 7 nitrogen and oxygen atoms in total. The molecule has 0 radical (unpaired) electrons. The lowest BCUT2D eigenvalue weighted by Gasteiger charge is -2.40. The van der Waals surface area contributed by atoms with Gasteiger partial charge in [-0.25, -0.2) is 14.4 Å². The minimum atomic E-state index is -4.57. The Morgan fingerprint density at radius 2 is 1.79 bits per heavy atom. The zero-order valence-electron chi connectivity index (χ0n) is 18.8. The van der Waals surface area contributed by atoms with Crippen LogP contribution in [0.2, 0.25) is 0 Å². The highest BCUT2D eigenvalue weighted by Gasteiger charge is 2.33. The molecule has 2 heterocycles. The largest absolute Gasteiger partial charge is 0.433 e. The van der Waals surface area contributed by atoms with Gasteiger partial charge in [0.2, 0.25) is 0 Å². The molecule has 0 saturated carbocycles. The number of alkyl halides is 3. The fourth-order valence-electron chi connectivity index (χ4n) is 3.95. The van der Waals surface area contributed by atoms with Crippen LogP contribution in [-0.2, 0) is 0 Å². The molecular formula is C23H27F4N7. The number of nitrogen functional groups attached to an aromatic ring is 1. The Morgan fingerprint density at radius 1 is 1.15 bits per heavy atom. The molecule has 1 aliphatic rings. The Bertz CT molecular complexity index is 1060. The highest BCUT2D eigenvalue weighted by molar-refractivity contribution is 5.84. The first-order valence-corrected chi connectivity index (χ1v) is 10.6. The van der Waals surface area contributed by atoms with Crippen LogP contribution in [0.1, 0.15) is 6.92 Å². The van der Waals surface area contributed by atoms with E-state index < -0.39 is 11.9 Å². The number of aromatic nitrogens is 2. The fraction of sp³-hybridized carbons (Fsp3) is 0.348. The van der Waals surface area contributed by atoms with E-state index in [-0.39, 0.29) is 18.4 Å². The molecule has 0 spiro atoms. The van der Waals surface area contributed by atoms with Gasteiger partial charge in [0.05, 0.1) is 5.56 Å². The number of hydrogen-bond acceptors (Lipinski definition) is 7. The highest BCUT2D eigenvalue weighted by atomic mass is 19.4. The van der Waals surface area contributed by atoms with E-state index in [4.69, 9.17) is 11.5 Å². The lowest BCUT2D eigenvalue weighted by atomic mass is 10.0. The molecule has 34 heavy (non-hydrogen) atoms. The minimum absolute atomic E-state index is 0.232. The normalized spacial score (nSPS) is 17.1. The summed E-state index contributed by atoms with van der Waals surface area (Å²) in [5, 5.41) is 0. The van der Waals surface area contributed by atoms with Gasteiger partial charge in [-0.2, -0.15) is 13.2 Å². The van der Waals surface area contributed by atoms with Crippen molar-refractivity contribution in [2.45, 2.75) is 19.1 Å². The summed E-state index contributed by atoms with van der Waals surface area (Å²) in [6.45, 7) is 7.38. The van der Waals surface area contributed by atoms with Crippen LogP contribution < -0.4 is 16.4 Å². The van der Waals surface area contributed by atoms with E-state index >= 15 is 0 Å². The first-order chi connectivity index (χ1) is 16.2. The Labute approximate surface area is 195 Å². The van der Waals surface area contributed by atoms with Crippen LogP contribution in [0.15, 0.2) is 59.0 Å². The van der Waals surface area contributed by atoms with Gasteiger partial charge < -0.3 is 16.4 Å². The van der Waals surface area contributed by atoms with E-state index in [0.717, 1.165) is 6.08 Å². The molecule has 2 aromatic rings. The van der Waals surface area contributed by atoms with Crippen molar-refractivity contribution in [1.29, 1.82) is 0 Å². The van der Waals surface area contributed by atoms with Crippen molar-refractivity contribution in [3.63, 3.8) is 0 Å². The zero-order chi connectivity index (χ0) is 24.9. The Morgan fingerprint density at radius 3 is 2.35 bits per heavy atom. The average molecular weight is 478 g/mol. The SMILES string of the molecule is C=N/C(=C\C=C(/C)C(CN)N1CCN(c2ncnc(N)c2-c2ccc(F)cc2)CC1)C(F)(F)F. The molecule has 11 heteroatoms. The molecule has 0 bridgehead atoms. The summed E-state index contributed by atoms with van der Waals surface area (Å²) < 4.78 is 52.1. The number of anilines is 2. The van der Waals surface area contributed by atoms with Gasteiger partial charge in [0, 0.05) is 38.8 Å². The molecule has 1 aromatic heterocycles. The number of piperazine rings is 1. The quantitative estimate of drug-likeness (QED) is 0.361. The third kappa shape index (κ3) is 5.78. The summed E-state index contributed by atoms with van der Waals surface area (Å²) in [6, 6.07) is 5.73. The summed E-state index contributed by atoms with van der Waals surface area (Å²) in [4.78, 5) is 15.8. The molecule has 1 atom stereocenters. The van der Waals surface area contributed by atoms with E-state index in [1.165, 1.54) is 24.5 Å². The van der Waals surface area contributed by atoms with Gasteiger partial charge in [-0.3, -0.25) is 9.89 Å². The average Bonchev–Trinajstić information content (AvgIpc) is 2.80. The Kier molecular flexibility index (Phi) is 8.00. The first kappa shape index (κ1) is 25.3. The Hall–Kier alpha value is -3.31. The maximum Gasteiger partial charge on any atom is 0.433 e. The van der Waals surface area contributed by atoms with Crippen molar-refractivity contribution >= 4 is 18.4 Å². The van der Waals surface area contributed by atoms with Gasteiger partial charge in [0.1, 0.15) is 29.5 Å². The standard InChI is InChI=1S/C23H27F4N7/c1-15(3-8-19(30-2)23(25,26)27)18(13-28)33-9-11-34(12-10-33)22-20(21(29)31-14-32-22)16-4-6-17(24)7-5-16/h3-8,14,18H,2,9-13,28H2,1H3,(H2,29,31,32)/b15-3+,19-8-. The lowest BCUT2D eigenvalue weighted by Crippen LogP contribution is -2.53. The molecule has 0 amide bonds. The van der Waals surface area contributed by atoms with E-state index in [2.05, 4.69) is 31.5 Å². The number of hydrogen-bond donors (Lipinski definition) is 2. The third-order valence-corrected chi connectivity index (χ3v) is 5.76. The van der Waals surface area contributed by atoms with Crippen LogP contribution in [-0.4, -0.2) is 66.5 Å². The van der Waals surface area contributed by atoms with Crippen LogP contribution in [0.25, 0.3) is 11.1 Å². The molecule has 1 saturated heterocycles. The van der Waals surface area contributed by atoms with Crippen LogP contribution in [0.4, 0.5) is 29.2 Å². The number of nitrogens with two attached hydrogens (primary N) is 2. The Balaban J connectivity index is 1.77. The summed E-state index contributed by atoms with van der Waals surface area (Å²) in [6.07, 6.45) is -0.874. The van der Waals surface area contributed by atoms with Gasteiger partial charge >= 0.3 is 6.18 Å². The molecular weight excluding hydrogens is 450 g/mol. The van der Waals surface area contributed by atoms with Crippen LogP contribution in [0.3, 0.4) is 0 Å². The number of nitrogens with zero attached hydrogens (tertiary/aromatic N) is 5. The van der Waals surface area contributed by atoms with Crippen LogP contribution in [0, 0.1) is 5.82 Å². The summed E-state index contributed by atoms with van der Waals surface area (Å²) in [7, 11) is 0. The topological polar surface area (TPSA) is 96.7 Å². The van der Waals surface area contributed by atoms with Crippen molar-refractivity contribution in [3.8, 4) is 11.1 Å². The minimum Gasteiger partial charge on any atom is -0.383 e. The highest BCUT2D eigenvalue weighted by Crippen LogP contribution is 2.33. The van der Waals surface area contributed by atoms with Crippen molar-refractivity contribution in [1.82, 2.24) is 14.9 Å². The lowest BCUT2D eigenvalue weighted by molar-refractivity contribution is -0.0922. The predicted molar refractivity (Wildman–Crippen MR) is 126 cm³/mol. The second-order valence-electron chi connectivity index (χ2n) is 7.86. The van der Waals surface area contributed by atoms with Gasteiger partial charge in [-0.15, -0.1) is 0 Å². The van der Waals surface area contributed by atoms with Crippen molar-refractivity contribution in [3.05, 3.63) is 59.8 Å². The summed E-state index contributed by atoms with van der Waals surface area (Å²) in [5.74, 6) is 0.581. The van der Waals surface area contributed by atoms with E-state index in [1.54, 1.807) is 19.1 Å². The third-order valence-electron chi connectivity index (χ3n) is 5.76. The van der Waals surface area contributed by atoms with Gasteiger partial charge in [-0.05, 0) is 37.4 Å². The van der Waals surface area contributed by atoms with Gasteiger partial charge in [0.25, 0.3) is 0 Å². The summed E-state index contributed by atoms with van der Waals surface area (Å²) >= 11 is 0. The molecule has 3 rings (SSSR count). The number of benzene rings is 1. The second-order valence-corrected chi connectivity index (χ2v) is 7.86. The van der Waals surface area contributed by atoms with Gasteiger partial charge in [0.15, 0.2) is 0 Å². The number of aliphatic imine (C=N–C) groups is 1. The predicted octanol–water partition coefficient (Wildman–Crippen LogP) is 3.41. The first-order valence-electron chi connectivity index (χ1n) is 10.6. The fourth-order valence-corrected chi connectivity index (χ4v) is 3.95. The molecule has 1 aliphatic heterocycles. The van der Waals surface area contributed by atoms with Crippen molar-refractivity contribution < 1.29 is 17.6 Å². The monoisotopic (exact) mass is 477 g/mol. The molecule has 4 N–H and O–H groups in total. The number of rotatable bonds is 7. The maximum atomic E-state index is 13.4. The second kappa shape index (κ2) is 10.7. The van der Waals surface area contributed by atoms with Crippen molar-refractivity contribution in [2.75, 3.05) is 43.4 Å². The van der Waals surface area contributed by atoms with Crippen LogP contribution >= 0.6 is 0 Å². The number of halogens is 4. The smallest absolute Gasteiger partial charge is 0.383 e. The number of allylic oxidation sites excluding steroid dienone is 3. The van der Waals surface area contributed by atoms with Crippen LogP contribution in [0.5, 0.6) is 0 Å². The molecule has 1 unspecified atom stereocenters. The molecule has 0 aliphatic carbocycles. The molecule has 1 aromatic carbocycles. The van der Waals surface area contributed by atoms with E-state index in [0.29, 0.717) is 54.5 Å². The van der Waals surface area contributed by atoms with E-state index in [9.17, 15) is 17.6 Å². The van der Waals surface area contributed by atoms with Gasteiger partial charge in [-0.1, -0.05) is 23.8 Å². The maximum absolute atomic E-state index is 13.4.